The number of fused-ring (bicyclic) bond motifs is 1. The first-order chi connectivity index (χ1) is 21.4. The Labute approximate surface area is 260 Å². The van der Waals surface area contributed by atoms with E-state index >= 15 is 0 Å². The van der Waals surface area contributed by atoms with Gasteiger partial charge < -0.3 is 25.4 Å². The standard InChI is InChI=1S/C35H47N3O6/c1-2-36-22-32(39)37-30(21-33(40)43-23-25-12-5-3-6-13-25)34(41)38-31(35(42)44-24-26-14-7-4-8-15-26)20-28-18-11-17-27-16-9-10-19-29(27)28/h3-8,12-15,27-31,36H,2,9-11,16-24H2,1H3,(H,37,39)(H,38,41)/t27?,28?,29?,30-,31-/m0/s1. The van der Waals surface area contributed by atoms with Gasteiger partial charge in [-0.25, -0.2) is 4.79 Å². The Bertz CT molecular complexity index is 1210. The number of carbonyl (C=O) groups excluding carboxylic acids is 4. The number of esters is 2. The van der Waals surface area contributed by atoms with Gasteiger partial charge in [-0.3, -0.25) is 14.4 Å². The summed E-state index contributed by atoms with van der Waals surface area (Å²) in [5, 5.41) is 8.48. The molecule has 3 N–H and O–H groups in total. The van der Waals surface area contributed by atoms with Crippen LogP contribution in [0.2, 0.25) is 0 Å². The molecule has 9 nitrogen and oxygen atoms in total. The molecule has 2 aliphatic carbocycles. The first-order valence-corrected chi connectivity index (χ1v) is 16.1. The summed E-state index contributed by atoms with van der Waals surface area (Å²) >= 11 is 0. The fourth-order valence-corrected chi connectivity index (χ4v) is 6.64. The Morgan fingerprint density at radius 3 is 2.09 bits per heavy atom. The number of hydrogen-bond acceptors (Lipinski definition) is 7. The molecule has 9 heteroatoms. The van der Waals surface area contributed by atoms with Crippen LogP contribution in [0.4, 0.5) is 0 Å². The van der Waals surface area contributed by atoms with Crippen molar-refractivity contribution in [2.24, 2.45) is 17.8 Å². The second-order valence-electron chi connectivity index (χ2n) is 12.0. The summed E-state index contributed by atoms with van der Waals surface area (Å²) in [6.45, 7) is 2.58. The van der Waals surface area contributed by atoms with Crippen LogP contribution in [0.5, 0.6) is 0 Å². The van der Waals surface area contributed by atoms with E-state index in [0.29, 0.717) is 30.7 Å². The summed E-state index contributed by atoms with van der Waals surface area (Å²) in [5.74, 6) is -0.685. The first kappa shape index (κ1) is 33.2. The lowest BCUT2D eigenvalue weighted by Crippen LogP contribution is -2.54. The van der Waals surface area contributed by atoms with Crippen LogP contribution < -0.4 is 16.0 Å². The molecule has 4 rings (SSSR count). The van der Waals surface area contributed by atoms with Gasteiger partial charge in [-0.1, -0.05) is 106 Å². The van der Waals surface area contributed by atoms with E-state index in [1.807, 2.05) is 67.6 Å². The van der Waals surface area contributed by atoms with Gasteiger partial charge in [0.05, 0.1) is 13.0 Å². The zero-order valence-corrected chi connectivity index (χ0v) is 25.8. The zero-order chi connectivity index (χ0) is 31.1. The highest BCUT2D eigenvalue weighted by molar-refractivity contribution is 5.93. The maximum Gasteiger partial charge on any atom is 0.328 e. The number of likely N-dealkylation sites (N-methyl/N-ethyl adjacent to an activating group) is 1. The average Bonchev–Trinajstić information content (AvgIpc) is 3.05. The van der Waals surface area contributed by atoms with Gasteiger partial charge in [0.2, 0.25) is 11.8 Å². The maximum atomic E-state index is 13.7. The van der Waals surface area contributed by atoms with Crippen LogP contribution in [0.1, 0.15) is 75.8 Å². The van der Waals surface area contributed by atoms with Gasteiger partial charge in [-0.05, 0) is 48.3 Å². The SMILES string of the molecule is CCNCC(=O)N[C@@H](CC(=O)OCc1ccccc1)C(=O)N[C@@H](CC1CCCC2CCCCC21)C(=O)OCc1ccccc1. The molecule has 2 aliphatic rings. The highest BCUT2D eigenvalue weighted by Crippen LogP contribution is 2.45. The predicted molar refractivity (Wildman–Crippen MR) is 167 cm³/mol. The molecule has 2 saturated carbocycles. The minimum atomic E-state index is -1.21. The quantitative estimate of drug-likeness (QED) is 0.257. The molecule has 0 aromatic heterocycles. The van der Waals surface area contributed by atoms with Crippen molar-refractivity contribution in [3.8, 4) is 0 Å². The molecule has 3 unspecified atom stereocenters. The van der Waals surface area contributed by atoms with Crippen LogP contribution in [0, 0.1) is 17.8 Å². The number of amides is 2. The molecule has 238 valence electrons. The minimum Gasteiger partial charge on any atom is -0.461 e. The van der Waals surface area contributed by atoms with Crippen molar-refractivity contribution in [1.29, 1.82) is 0 Å². The number of nitrogens with one attached hydrogen (secondary N) is 3. The van der Waals surface area contributed by atoms with E-state index in [9.17, 15) is 19.2 Å². The number of benzene rings is 2. The molecule has 0 aliphatic heterocycles. The summed E-state index contributed by atoms with van der Waals surface area (Å²) in [6, 6.07) is 16.5. The normalized spacial score (nSPS) is 20.8. The van der Waals surface area contributed by atoms with E-state index in [1.165, 1.54) is 25.7 Å². The van der Waals surface area contributed by atoms with Crippen LogP contribution in [0.25, 0.3) is 0 Å². The van der Waals surface area contributed by atoms with E-state index in [0.717, 1.165) is 30.4 Å². The van der Waals surface area contributed by atoms with Crippen molar-refractivity contribution in [2.75, 3.05) is 13.1 Å². The van der Waals surface area contributed by atoms with Gasteiger partial charge in [0.1, 0.15) is 25.3 Å². The van der Waals surface area contributed by atoms with Gasteiger partial charge >= 0.3 is 11.9 Å². The Hall–Kier alpha value is -3.72. The first-order valence-electron chi connectivity index (χ1n) is 16.1. The highest BCUT2D eigenvalue weighted by atomic mass is 16.5. The molecule has 2 aromatic rings. The Morgan fingerprint density at radius 1 is 0.773 bits per heavy atom. The van der Waals surface area contributed by atoms with Crippen molar-refractivity contribution in [2.45, 2.75) is 90.0 Å². The second kappa shape index (κ2) is 17.5. The summed E-state index contributed by atoms with van der Waals surface area (Å²) in [6.07, 6.45) is 8.26. The molecular weight excluding hydrogens is 558 g/mol. The molecule has 0 bridgehead atoms. The third-order valence-corrected chi connectivity index (χ3v) is 8.89. The van der Waals surface area contributed by atoms with Crippen LogP contribution >= 0.6 is 0 Å². The van der Waals surface area contributed by atoms with Crippen molar-refractivity contribution in [1.82, 2.24) is 16.0 Å². The minimum absolute atomic E-state index is 0.00691. The smallest absolute Gasteiger partial charge is 0.328 e. The third kappa shape index (κ3) is 10.5. The molecule has 2 fully saturated rings. The largest absolute Gasteiger partial charge is 0.461 e. The molecular formula is C35H47N3O6. The zero-order valence-electron chi connectivity index (χ0n) is 25.8. The molecule has 0 saturated heterocycles. The fourth-order valence-electron chi connectivity index (χ4n) is 6.64. The highest BCUT2D eigenvalue weighted by Gasteiger charge is 2.38. The van der Waals surface area contributed by atoms with Crippen LogP contribution in [-0.2, 0) is 41.9 Å². The molecule has 2 amide bonds. The molecule has 0 heterocycles. The molecule has 2 aromatic carbocycles. The van der Waals surface area contributed by atoms with E-state index in [1.54, 1.807) is 0 Å². The summed E-state index contributed by atoms with van der Waals surface area (Å²) in [5.41, 5.74) is 1.67. The number of ether oxygens (including phenoxy) is 2. The number of rotatable bonds is 15. The Balaban J connectivity index is 1.46. The lowest BCUT2D eigenvalue weighted by molar-refractivity contribution is -0.151. The van der Waals surface area contributed by atoms with Crippen LogP contribution in [0.15, 0.2) is 60.7 Å². The van der Waals surface area contributed by atoms with Crippen LogP contribution in [-0.4, -0.2) is 48.9 Å². The van der Waals surface area contributed by atoms with Gasteiger partial charge in [0, 0.05) is 0 Å². The van der Waals surface area contributed by atoms with E-state index < -0.39 is 35.8 Å². The van der Waals surface area contributed by atoms with Gasteiger partial charge in [-0.2, -0.15) is 0 Å². The fraction of sp³-hybridized carbons (Fsp3) is 0.543. The summed E-state index contributed by atoms with van der Waals surface area (Å²) < 4.78 is 11.1. The van der Waals surface area contributed by atoms with E-state index in [-0.39, 0.29) is 26.2 Å². The van der Waals surface area contributed by atoms with E-state index in [4.69, 9.17) is 9.47 Å². The molecule has 0 spiro atoms. The lowest BCUT2D eigenvalue weighted by atomic mass is 9.64. The lowest BCUT2D eigenvalue weighted by Gasteiger charge is -2.42. The Kier molecular flexibility index (Phi) is 13.2. The van der Waals surface area contributed by atoms with Crippen molar-refractivity contribution < 1.29 is 28.7 Å². The molecule has 44 heavy (non-hydrogen) atoms. The second-order valence-corrected chi connectivity index (χ2v) is 12.0. The van der Waals surface area contributed by atoms with Gasteiger partial charge in [-0.15, -0.1) is 0 Å². The molecule has 5 atom stereocenters. The van der Waals surface area contributed by atoms with Gasteiger partial charge in [0.25, 0.3) is 0 Å². The Morgan fingerprint density at radius 2 is 1.41 bits per heavy atom. The predicted octanol–water partition coefficient (Wildman–Crippen LogP) is 4.44. The molecule has 0 radical (unpaired) electrons. The third-order valence-electron chi connectivity index (χ3n) is 8.89. The number of hydrogen-bond donors (Lipinski definition) is 3. The average molecular weight is 606 g/mol. The van der Waals surface area contributed by atoms with Gasteiger partial charge in [0.15, 0.2) is 0 Å². The van der Waals surface area contributed by atoms with E-state index in [2.05, 4.69) is 16.0 Å². The van der Waals surface area contributed by atoms with Crippen molar-refractivity contribution >= 4 is 23.8 Å². The van der Waals surface area contributed by atoms with Crippen molar-refractivity contribution in [3.05, 3.63) is 71.8 Å². The summed E-state index contributed by atoms with van der Waals surface area (Å²) in [4.78, 5) is 52.7. The van der Waals surface area contributed by atoms with Crippen LogP contribution in [0.3, 0.4) is 0 Å². The monoisotopic (exact) mass is 605 g/mol. The number of carbonyl (C=O) groups is 4. The maximum absolute atomic E-state index is 13.7. The topological polar surface area (TPSA) is 123 Å². The summed E-state index contributed by atoms with van der Waals surface area (Å²) in [7, 11) is 0. The van der Waals surface area contributed by atoms with Crippen molar-refractivity contribution in [3.63, 3.8) is 0 Å².